The molecule has 21 heavy (non-hydrogen) atoms. The maximum Gasteiger partial charge on any atom is 0.238 e. The summed E-state index contributed by atoms with van der Waals surface area (Å²) in [5, 5.41) is 8.60. The Labute approximate surface area is 124 Å². The quantitative estimate of drug-likeness (QED) is 0.713. The number of benzene rings is 1. The lowest BCUT2D eigenvalue weighted by Gasteiger charge is -2.13. The molecule has 0 radical (unpaired) electrons. The summed E-state index contributed by atoms with van der Waals surface area (Å²) in [7, 11) is 1.55. The summed E-state index contributed by atoms with van der Waals surface area (Å²) < 4.78 is 5.14. The van der Waals surface area contributed by atoms with Crippen molar-refractivity contribution >= 4 is 23.2 Å². The molecule has 0 aliphatic heterocycles. The largest absolute Gasteiger partial charge is 0.497 e. The van der Waals surface area contributed by atoms with Crippen LogP contribution in [0.15, 0.2) is 18.2 Å². The number of carbonyl (C=O) groups excluding carboxylic acids is 2. The van der Waals surface area contributed by atoms with Gasteiger partial charge in [0.1, 0.15) is 5.75 Å². The highest BCUT2D eigenvalue weighted by atomic mass is 16.5. The van der Waals surface area contributed by atoms with E-state index in [0.29, 0.717) is 17.1 Å². The summed E-state index contributed by atoms with van der Waals surface area (Å²) in [6, 6.07) is 5.11. The van der Waals surface area contributed by atoms with Gasteiger partial charge in [0.25, 0.3) is 0 Å². The lowest BCUT2D eigenvalue weighted by atomic mass is 10.2. The summed E-state index contributed by atoms with van der Waals surface area (Å²) in [4.78, 5) is 23.1. The number of carbonyl (C=O) groups is 2. The Kier molecular flexibility index (Phi) is 5.16. The third-order valence-corrected chi connectivity index (χ3v) is 3.23. The zero-order valence-corrected chi connectivity index (χ0v) is 12.4. The molecule has 1 fully saturated rings. The number of hydrogen-bond acceptors (Lipinski definition) is 4. The van der Waals surface area contributed by atoms with E-state index < -0.39 is 0 Å². The van der Waals surface area contributed by atoms with Gasteiger partial charge < -0.3 is 20.7 Å². The van der Waals surface area contributed by atoms with Gasteiger partial charge in [-0.25, -0.2) is 0 Å². The minimum Gasteiger partial charge on any atom is -0.497 e. The van der Waals surface area contributed by atoms with Crippen molar-refractivity contribution in [3.05, 3.63) is 18.2 Å². The molecule has 1 aliphatic carbocycles. The molecule has 0 spiro atoms. The number of amides is 2. The van der Waals surface area contributed by atoms with Crippen molar-refractivity contribution < 1.29 is 14.3 Å². The van der Waals surface area contributed by atoms with Gasteiger partial charge in [0.05, 0.1) is 25.0 Å². The molecule has 0 saturated heterocycles. The van der Waals surface area contributed by atoms with Crippen molar-refractivity contribution in [3.63, 3.8) is 0 Å². The van der Waals surface area contributed by atoms with Gasteiger partial charge >= 0.3 is 0 Å². The third kappa shape index (κ3) is 5.07. The van der Waals surface area contributed by atoms with Crippen LogP contribution in [0.4, 0.5) is 11.4 Å². The van der Waals surface area contributed by atoms with Crippen molar-refractivity contribution in [2.45, 2.75) is 19.8 Å². The first kappa shape index (κ1) is 15.3. The molecule has 1 aliphatic rings. The predicted octanol–water partition coefficient (Wildman–Crippen LogP) is 1.59. The summed E-state index contributed by atoms with van der Waals surface area (Å²) in [6.45, 7) is 2.56. The van der Waals surface area contributed by atoms with Crippen molar-refractivity contribution in [2.75, 3.05) is 30.8 Å². The van der Waals surface area contributed by atoms with Crippen LogP contribution in [0.1, 0.15) is 19.8 Å². The summed E-state index contributed by atoms with van der Waals surface area (Å²) in [5.74, 6) is 1.01. The lowest BCUT2D eigenvalue weighted by Crippen LogP contribution is -2.29. The molecule has 114 valence electrons. The van der Waals surface area contributed by atoms with Crippen LogP contribution in [-0.4, -0.2) is 32.0 Å². The number of anilines is 2. The molecule has 0 aromatic heterocycles. The molecular weight excluding hydrogens is 270 g/mol. The Bertz CT molecular complexity index is 527. The van der Waals surface area contributed by atoms with Gasteiger partial charge in [-0.05, 0) is 37.4 Å². The first-order chi connectivity index (χ1) is 10.1. The number of hydrogen-bond donors (Lipinski definition) is 3. The standard InChI is InChI=1S/C15H21N3O3/c1-10(19)17-13-6-5-12(21-2)7-14(13)18-15(20)9-16-8-11-3-4-11/h5-7,11,16H,3-4,8-9H2,1-2H3,(H,17,19)(H,18,20). The number of methoxy groups -OCH3 is 1. The van der Waals surface area contributed by atoms with Gasteiger partial charge in [0, 0.05) is 13.0 Å². The molecule has 1 aromatic carbocycles. The second kappa shape index (κ2) is 7.08. The van der Waals surface area contributed by atoms with Crippen molar-refractivity contribution in [1.29, 1.82) is 0 Å². The summed E-state index contributed by atoms with van der Waals surface area (Å²) in [5.41, 5.74) is 1.08. The molecule has 6 nitrogen and oxygen atoms in total. The molecule has 2 rings (SSSR count). The van der Waals surface area contributed by atoms with Crippen LogP contribution in [0.3, 0.4) is 0 Å². The molecule has 2 amide bonds. The molecule has 0 atom stereocenters. The van der Waals surface area contributed by atoms with E-state index in [4.69, 9.17) is 4.74 Å². The van der Waals surface area contributed by atoms with E-state index in [1.165, 1.54) is 19.8 Å². The number of nitrogens with one attached hydrogen (secondary N) is 3. The van der Waals surface area contributed by atoms with Crippen LogP contribution in [0.25, 0.3) is 0 Å². The first-order valence-electron chi connectivity index (χ1n) is 7.04. The van der Waals surface area contributed by atoms with Gasteiger partial charge in [0.15, 0.2) is 0 Å². The fraction of sp³-hybridized carbons (Fsp3) is 0.467. The number of ether oxygens (including phenoxy) is 1. The minimum atomic E-state index is -0.192. The molecule has 0 bridgehead atoms. The summed E-state index contributed by atoms with van der Waals surface area (Å²) in [6.07, 6.45) is 2.49. The molecule has 6 heteroatoms. The Morgan fingerprint density at radius 2 is 2.00 bits per heavy atom. The maximum atomic E-state index is 11.9. The second-order valence-corrected chi connectivity index (χ2v) is 5.22. The van der Waals surface area contributed by atoms with Crippen LogP contribution >= 0.6 is 0 Å². The van der Waals surface area contributed by atoms with Crippen molar-refractivity contribution in [1.82, 2.24) is 5.32 Å². The molecule has 0 unspecified atom stereocenters. The fourth-order valence-electron chi connectivity index (χ4n) is 1.96. The summed E-state index contributed by atoms with van der Waals surface area (Å²) >= 11 is 0. The van der Waals surface area contributed by atoms with Crippen LogP contribution < -0.4 is 20.7 Å². The topological polar surface area (TPSA) is 79.5 Å². The van der Waals surface area contributed by atoms with Gasteiger partial charge in [-0.1, -0.05) is 0 Å². The van der Waals surface area contributed by atoms with E-state index in [-0.39, 0.29) is 18.4 Å². The van der Waals surface area contributed by atoms with Gasteiger partial charge in [-0.2, -0.15) is 0 Å². The second-order valence-electron chi connectivity index (χ2n) is 5.22. The lowest BCUT2D eigenvalue weighted by molar-refractivity contribution is -0.116. The van der Waals surface area contributed by atoms with Crippen molar-refractivity contribution in [3.8, 4) is 5.75 Å². The average Bonchev–Trinajstić information content (AvgIpc) is 3.24. The Morgan fingerprint density at radius 1 is 1.24 bits per heavy atom. The zero-order valence-electron chi connectivity index (χ0n) is 12.4. The van der Waals surface area contributed by atoms with E-state index in [9.17, 15) is 9.59 Å². The van der Waals surface area contributed by atoms with Crippen LogP contribution in [0.2, 0.25) is 0 Å². The fourth-order valence-corrected chi connectivity index (χ4v) is 1.96. The smallest absolute Gasteiger partial charge is 0.238 e. The van der Waals surface area contributed by atoms with Gasteiger partial charge in [0.2, 0.25) is 11.8 Å². The molecular formula is C15H21N3O3. The van der Waals surface area contributed by atoms with E-state index in [1.54, 1.807) is 25.3 Å². The highest BCUT2D eigenvalue weighted by molar-refractivity contribution is 5.99. The van der Waals surface area contributed by atoms with E-state index in [2.05, 4.69) is 16.0 Å². The molecule has 3 N–H and O–H groups in total. The van der Waals surface area contributed by atoms with Crippen LogP contribution in [0, 0.1) is 5.92 Å². The van der Waals surface area contributed by atoms with E-state index in [0.717, 1.165) is 12.5 Å². The van der Waals surface area contributed by atoms with E-state index in [1.807, 2.05) is 0 Å². The zero-order chi connectivity index (χ0) is 15.2. The normalized spacial score (nSPS) is 13.6. The van der Waals surface area contributed by atoms with Crippen LogP contribution in [0.5, 0.6) is 5.75 Å². The minimum absolute atomic E-state index is 0.143. The van der Waals surface area contributed by atoms with Crippen LogP contribution in [-0.2, 0) is 9.59 Å². The highest BCUT2D eigenvalue weighted by Gasteiger charge is 2.20. The van der Waals surface area contributed by atoms with Gasteiger partial charge in [-0.15, -0.1) is 0 Å². The van der Waals surface area contributed by atoms with Gasteiger partial charge in [-0.3, -0.25) is 9.59 Å². The molecule has 1 aromatic rings. The number of rotatable bonds is 7. The van der Waals surface area contributed by atoms with E-state index >= 15 is 0 Å². The maximum absolute atomic E-state index is 11.9. The Hall–Kier alpha value is -2.08. The molecule has 0 heterocycles. The predicted molar refractivity (Wildman–Crippen MR) is 81.5 cm³/mol. The SMILES string of the molecule is COc1ccc(NC(C)=O)c(NC(=O)CNCC2CC2)c1. The highest BCUT2D eigenvalue weighted by Crippen LogP contribution is 2.28. The van der Waals surface area contributed by atoms with Crippen molar-refractivity contribution in [2.24, 2.45) is 5.92 Å². The average molecular weight is 291 g/mol. The molecule has 1 saturated carbocycles. The Balaban J connectivity index is 1.97. The third-order valence-electron chi connectivity index (χ3n) is 3.23. The Morgan fingerprint density at radius 3 is 2.62 bits per heavy atom. The first-order valence-corrected chi connectivity index (χ1v) is 7.04. The monoisotopic (exact) mass is 291 g/mol.